The van der Waals surface area contributed by atoms with Crippen molar-refractivity contribution < 1.29 is 8.42 Å². The quantitative estimate of drug-likeness (QED) is 0.395. The van der Waals surface area contributed by atoms with E-state index in [0.717, 1.165) is 52.4 Å². The Morgan fingerprint density at radius 1 is 0.824 bits per heavy atom. The summed E-state index contributed by atoms with van der Waals surface area (Å²) in [5.74, 6) is 0.665. The molecule has 1 aliphatic rings. The molecule has 0 atom stereocenters. The van der Waals surface area contributed by atoms with E-state index in [4.69, 9.17) is 0 Å². The minimum absolute atomic E-state index is 0.347. The lowest BCUT2D eigenvalue weighted by Gasteiger charge is -2.26. The van der Waals surface area contributed by atoms with Crippen LogP contribution in [0.15, 0.2) is 71.6 Å². The first-order valence-electron chi connectivity index (χ1n) is 11.6. The minimum Gasteiger partial charge on any atom is -0.338 e. The molecule has 5 rings (SSSR count). The van der Waals surface area contributed by atoms with Crippen LogP contribution in [-0.2, 0) is 10.0 Å². The summed E-state index contributed by atoms with van der Waals surface area (Å²) in [5, 5.41) is 14.3. The molecule has 3 aromatic carbocycles. The summed E-state index contributed by atoms with van der Waals surface area (Å²) < 4.78 is 28.5. The van der Waals surface area contributed by atoms with Crippen LogP contribution in [-0.4, -0.2) is 36.0 Å². The van der Waals surface area contributed by atoms with E-state index in [9.17, 15) is 8.42 Å². The van der Waals surface area contributed by atoms with E-state index in [-0.39, 0.29) is 0 Å². The zero-order valence-electron chi connectivity index (χ0n) is 19.5. The zero-order chi connectivity index (χ0) is 23.7. The molecule has 0 bridgehead atoms. The number of aryl methyl sites for hydroxylation is 2. The van der Waals surface area contributed by atoms with Gasteiger partial charge in [-0.05, 0) is 56.0 Å². The topological polar surface area (TPSA) is 75.2 Å². The predicted octanol–water partition coefficient (Wildman–Crippen LogP) is 5.83. The minimum atomic E-state index is -3.56. The van der Waals surface area contributed by atoms with Crippen molar-refractivity contribution >= 4 is 32.3 Å². The van der Waals surface area contributed by atoms with Gasteiger partial charge in [-0.1, -0.05) is 55.0 Å². The third kappa shape index (κ3) is 4.29. The number of nitrogens with zero attached hydrogens (tertiary/aromatic N) is 3. The van der Waals surface area contributed by atoms with Crippen molar-refractivity contribution in [3.63, 3.8) is 0 Å². The normalized spacial score (nSPS) is 14.9. The van der Waals surface area contributed by atoms with Crippen molar-refractivity contribution in [3.05, 3.63) is 77.9 Å². The number of aromatic nitrogens is 2. The van der Waals surface area contributed by atoms with E-state index in [1.165, 1.54) is 0 Å². The Hall–Kier alpha value is -3.29. The van der Waals surface area contributed by atoms with Crippen LogP contribution in [0.25, 0.3) is 22.0 Å². The van der Waals surface area contributed by atoms with E-state index in [0.29, 0.717) is 29.5 Å². The van der Waals surface area contributed by atoms with Gasteiger partial charge in [0, 0.05) is 35.1 Å². The Morgan fingerprint density at radius 3 is 2.35 bits per heavy atom. The molecule has 0 amide bonds. The smallest absolute Gasteiger partial charge is 0.243 e. The number of piperidine rings is 1. The molecule has 0 spiro atoms. The number of benzene rings is 3. The Kier molecular flexibility index (Phi) is 6.06. The van der Waals surface area contributed by atoms with E-state index in [2.05, 4.69) is 21.6 Å². The summed E-state index contributed by atoms with van der Waals surface area (Å²) >= 11 is 0. The molecule has 6 nitrogen and oxygen atoms in total. The molecule has 1 saturated heterocycles. The predicted molar refractivity (Wildman–Crippen MR) is 137 cm³/mol. The van der Waals surface area contributed by atoms with Gasteiger partial charge in [-0.3, -0.25) is 0 Å². The van der Waals surface area contributed by atoms with Crippen molar-refractivity contribution in [2.24, 2.45) is 0 Å². The van der Waals surface area contributed by atoms with Crippen LogP contribution in [0.4, 0.5) is 11.5 Å². The summed E-state index contributed by atoms with van der Waals surface area (Å²) in [4.78, 5) is 0.347. The van der Waals surface area contributed by atoms with Gasteiger partial charge in [0.05, 0.1) is 4.90 Å². The average molecular weight is 473 g/mol. The molecule has 174 valence electrons. The molecule has 0 saturated carbocycles. The third-order valence-electron chi connectivity index (χ3n) is 6.36. The third-order valence-corrected chi connectivity index (χ3v) is 8.40. The summed E-state index contributed by atoms with van der Waals surface area (Å²) in [7, 11) is -3.56. The second-order valence-corrected chi connectivity index (χ2v) is 10.8. The van der Waals surface area contributed by atoms with Crippen molar-refractivity contribution in [2.45, 2.75) is 38.0 Å². The molecule has 1 N–H and O–H groups in total. The van der Waals surface area contributed by atoms with Crippen molar-refractivity contribution in [1.82, 2.24) is 14.5 Å². The Labute approximate surface area is 200 Å². The van der Waals surface area contributed by atoms with Crippen LogP contribution in [0.1, 0.15) is 30.4 Å². The largest absolute Gasteiger partial charge is 0.338 e. The first-order valence-corrected chi connectivity index (χ1v) is 13.1. The van der Waals surface area contributed by atoms with E-state index in [1.807, 2.05) is 68.4 Å². The number of hydrogen-bond donors (Lipinski definition) is 1. The monoisotopic (exact) mass is 472 g/mol. The highest BCUT2D eigenvalue weighted by Crippen LogP contribution is 2.33. The number of fused-ring (bicyclic) bond motifs is 1. The lowest BCUT2D eigenvalue weighted by Crippen LogP contribution is -2.35. The zero-order valence-corrected chi connectivity index (χ0v) is 20.3. The summed E-state index contributed by atoms with van der Waals surface area (Å²) in [6.45, 7) is 5.05. The number of nitrogens with one attached hydrogen (secondary N) is 1. The maximum Gasteiger partial charge on any atom is 0.243 e. The summed E-state index contributed by atoms with van der Waals surface area (Å²) in [6.07, 6.45) is 2.89. The van der Waals surface area contributed by atoms with Crippen molar-refractivity contribution in [3.8, 4) is 11.3 Å². The van der Waals surface area contributed by atoms with Gasteiger partial charge in [0.2, 0.25) is 10.0 Å². The highest BCUT2D eigenvalue weighted by molar-refractivity contribution is 7.89. The lowest BCUT2D eigenvalue weighted by atomic mass is 10.0. The fourth-order valence-electron chi connectivity index (χ4n) is 4.54. The van der Waals surface area contributed by atoms with Crippen LogP contribution >= 0.6 is 0 Å². The highest BCUT2D eigenvalue weighted by Gasteiger charge is 2.28. The van der Waals surface area contributed by atoms with Gasteiger partial charge >= 0.3 is 0 Å². The van der Waals surface area contributed by atoms with Gasteiger partial charge in [-0.25, -0.2) is 8.42 Å². The van der Waals surface area contributed by atoms with Gasteiger partial charge in [0.25, 0.3) is 0 Å². The van der Waals surface area contributed by atoms with E-state index >= 15 is 0 Å². The average Bonchev–Trinajstić information content (AvgIpc) is 2.85. The van der Waals surface area contributed by atoms with Crippen LogP contribution < -0.4 is 5.32 Å². The molecule has 4 aromatic rings. The first-order chi connectivity index (χ1) is 16.4. The lowest BCUT2D eigenvalue weighted by molar-refractivity contribution is 0.346. The fourth-order valence-corrected chi connectivity index (χ4v) is 6.31. The van der Waals surface area contributed by atoms with E-state index in [1.54, 1.807) is 10.4 Å². The second kappa shape index (κ2) is 9.16. The van der Waals surface area contributed by atoms with Crippen LogP contribution in [0.3, 0.4) is 0 Å². The first kappa shape index (κ1) is 22.5. The molecule has 34 heavy (non-hydrogen) atoms. The fraction of sp³-hybridized carbons (Fsp3) is 0.259. The molecule has 1 fully saturated rings. The van der Waals surface area contributed by atoms with Gasteiger partial charge < -0.3 is 5.32 Å². The number of anilines is 2. The maximum absolute atomic E-state index is 13.4. The Bertz CT molecular complexity index is 1460. The highest BCUT2D eigenvalue weighted by atomic mass is 32.2. The molecule has 0 aliphatic carbocycles. The molecule has 1 aliphatic heterocycles. The van der Waals surface area contributed by atoms with Crippen LogP contribution in [0, 0.1) is 13.8 Å². The Balaban J connectivity index is 1.58. The number of rotatable bonds is 5. The molecular weight excluding hydrogens is 444 g/mol. The molecule has 1 aromatic heterocycles. The molecule has 0 unspecified atom stereocenters. The van der Waals surface area contributed by atoms with Gasteiger partial charge in [-0.15, -0.1) is 10.2 Å². The van der Waals surface area contributed by atoms with Crippen molar-refractivity contribution in [1.29, 1.82) is 0 Å². The molecular formula is C27H28N4O2S. The standard InChI is InChI=1S/C27H28N4O2S/c1-19-9-8-10-22(17-19)28-27-24-12-5-4-11-23(24)26(29-30-27)21-14-13-20(2)25(18-21)34(32,33)31-15-6-3-7-16-31/h4-5,8-14,17-18H,3,6-7,15-16H2,1-2H3,(H,28,30). The molecule has 0 radical (unpaired) electrons. The second-order valence-electron chi connectivity index (χ2n) is 8.88. The van der Waals surface area contributed by atoms with Crippen LogP contribution in [0.5, 0.6) is 0 Å². The SMILES string of the molecule is Cc1cccc(Nc2nnc(-c3ccc(C)c(S(=O)(=O)N4CCCCC4)c3)c3ccccc23)c1. The van der Waals surface area contributed by atoms with Gasteiger partial charge in [0.1, 0.15) is 5.69 Å². The van der Waals surface area contributed by atoms with Gasteiger partial charge in [0.15, 0.2) is 5.82 Å². The molecule has 7 heteroatoms. The van der Waals surface area contributed by atoms with Crippen LogP contribution in [0.2, 0.25) is 0 Å². The van der Waals surface area contributed by atoms with Gasteiger partial charge in [-0.2, -0.15) is 4.31 Å². The Morgan fingerprint density at radius 2 is 1.59 bits per heavy atom. The van der Waals surface area contributed by atoms with E-state index < -0.39 is 10.0 Å². The maximum atomic E-state index is 13.4. The molecule has 2 heterocycles. The number of sulfonamides is 1. The number of hydrogen-bond acceptors (Lipinski definition) is 5. The summed E-state index contributed by atoms with van der Waals surface area (Å²) in [6, 6.07) is 21.6. The van der Waals surface area contributed by atoms with Crippen molar-refractivity contribution in [2.75, 3.05) is 18.4 Å². The summed E-state index contributed by atoms with van der Waals surface area (Å²) in [5.41, 5.74) is 4.25.